The van der Waals surface area contributed by atoms with Gasteiger partial charge in [-0.25, -0.2) is 18.7 Å². The molecular formula is C21H27F2N5OS. The lowest BCUT2D eigenvalue weighted by Gasteiger charge is -2.31. The molecule has 1 fully saturated rings. The predicted molar refractivity (Wildman–Crippen MR) is 114 cm³/mol. The van der Waals surface area contributed by atoms with Crippen LogP contribution in [0.3, 0.4) is 0 Å². The van der Waals surface area contributed by atoms with Gasteiger partial charge < -0.3 is 9.42 Å². The fourth-order valence-corrected chi connectivity index (χ4v) is 5.23. The van der Waals surface area contributed by atoms with E-state index in [2.05, 4.69) is 38.8 Å². The van der Waals surface area contributed by atoms with Gasteiger partial charge in [0.25, 0.3) is 12.1 Å². The van der Waals surface area contributed by atoms with Crippen molar-refractivity contribution in [3.05, 3.63) is 34.1 Å². The highest BCUT2D eigenvalue weighted by Crippen LogP contribution is 2.35. The lowest BCUT2D eigenvalue weighted by molar-refractivity contribution is 0.152. The molecule has 3 aromatic heterocycles. The van der Waals surface area contributed by atoms with E-state index in [1.165, 1.54) is 4.88 Å². The van der Waals surface area contributed by atoms with Crippen LogP contribution in [0, 0.1) is 6.92 Å². The molecule has 1 aliphatic heterocycles. The second-order valence-corrected chi connectivity index (χ2v) is 8.81. The van der Waals surface area contributed by atoms with Crippen molar-refractivity contribution in [3.63, 3.8) is 0 Å². The van der Waals surface area contributed by atoms with E-state index in [-0.39, 0.29) is 17.2 Å². The van der Waals surface area contributed by atoms with E-state index in [1.807, 2.05) is 6.20 Å². The molecule has 4 heterocycles. The monoisotopic (exact) mass is 435 g/mol. The van der Waals surface area contributed by atoms with Crippen molar-refractivity contribution >= 4 is 27.6 Å². The number of aryl methyl sites for hydroxylation is 1. The Morgan fingerprint density at radius 3 is 2.67 bits per heavy atom. The normalized spacial score (nSPS) is 16.1. The summed E-state index contributed by atoms with van der Waals surface area (Å²) in [5.41, 5.74) is 1.35. The maximum atomic E-state index is 13.6. The molecule has 0 saturated carbocycles. The third kappa shape index (κ3) is 4.18. The quantitative estimate of drug-likeness (QED) is 0.511. The van der Waals surface area contributed by atoms with Gasteiger partial charge >= 0.3 is 0 Å². The standard InChI is InChI=1S/C21H27F2N5OS/c1-4-28(5-2)21-24-11-15(30-21)12-27-8-6-14(7-9-27)17-10-16(19(22)23)18-13(3)26-29-20(18)25-17/h10-11,14,19H,4-9,12H2,1-3H3. The van der Waals surface area contributed by atoms with Crippen LogP contribution < -0.4 is 4.90 Å². The van der Waals surface area contributed by atoms with Crippen molar-refractivity contribution < 1.29 is 13.3 Å². The second kappa shape index (κ2) is 8.93. The summed E-state index contributed by atoms with van der Waals surface area (Å²) in [6.45, 7) is 10.5. The summed E-state index contributed by atoms with van der Waals surface area (Å²) in [6, 6.07) is 1.55. The summed E-state index contributed by atoms with van der Waals surface area (Å²) in [6.07, 6.45) is 1.17. The number of hydrogen-bond acceptors (Lipinski definition) is 7. The molecule has 1 aliphatic rings. The Balaban J connectivity index is 1.42. The van der Waals surface area contributed by atoms with E-state index < -0.39 is 6.43 Å². The molecule has 4 rings (SSSR count). The van der Waals surface area contributed by atoms with Gasteiger partial charge in [-0.15, -0.1) is 11.3 Å². The molecule has 0 radical (unpaired) electrons. The average Bonchev–Trinajstić information content (AvgIpc) is 3.36. The second-order valence-electron chi connectivity index (χ2n) is 7.72. The minimum absolute atomic E-state index is 0.0234. The number of thiazole rings is 1. The Labute approximate surface area is 178 Å². The Hall–Kier alpha value is -2.13. The molecule has 30 heavy (non-hydrogen) atoms. The summed E-state index contributed by atoms with van der Waals surface area (Å²) in [4.78, 5) is 15.0. The Bertz CT molecular complexity index is 993. The number of pyridine rings is 1. The molecule has 3 aromatic rings. The maximum absolute atomic E-state index is 13.6. The first-order chi connectivity index (χ1) is 14.5. The van der Waals surface area contributed by atoms with Gasteiger partial charge in [0, 0.05) is 47.9 Å². The molecule has 0 N–H and O–H groups in total. The number of halogens is 2. The molecule has 1 saturated heterocycles. The van der Waals surface area contributed by atoms with Gasteiger partial charge in [0.15, 0.2) is 5.13 Å². The number of anilines is 1. The topological polar surface area (TPSA) is 58.3 Å². The first kappa shape index (κ1) is 21.1. The number of aromatic nitrogens is 3. The number of nitrogens with zero attached hydrogens (tertiary/aromatic N) is 5. The molecular weight excluding hydrogens is 408 g/mol. The lowest BCUT2D eigenvalue weighted by atomic mass is 9.91. The van der Waals surface area contributed by atoms with E-state index in [4.69, 9.17) is 4.52 Å². The van der Waals surface area contributed by atoms with E-state index in [0.717, 1.165) is 50.7 Å². The number of likely N-dealkylation sites (tertiary alicyclic amines) is 1. The molecule has 0 aromatic carbocycles. The zero-order valence-electron chi connectivity index (χ0n) is 17.6. The minimum atomic E-state index is -2.57. The summed E-state index contributed by atoms with van der Waals surface area (Å²) in [5, 5.41) is 5.24. The molecule has 9 heteroatoms. The van der Waals surface area contributed by atoms with Crippen LogP contribution in [0.1, 0.15) is 60.9 Å². The Kier molecular flexibility index (Phi) is 6.29. The van der Waals surface area contributed by atoms with Gasteiger partial charge in [0.1, 0.15) is 0 Å². The molecule has 0 atom stereocenters. The van der Waals surface area contributed by atoms with Crippen LogP contribution in [0.15, 0.2) is 16.8 Å². The molecule has 0 unspecified atom stereocenters. The summed E-state index contributed by atoms with van der Waals surface area (Å²) < 4.78 is 32.4. The fourth-order valence-electron chi connectivity index (χ4n) is 4.15. The van der Waals surface area contributed by atoms with Crippen LogP contribution in [0.4, 0.5) is 13.9 Å². The minimum Gasteiger partial charge on any atom is -0.349 e. The maximum Gasteiger partial charge on any atom is 0.264 e. The van der Waals surface area contributed by atoms with E-state index in [9.17, 15) is 8.78 Å². The van der Waals surface area contributed by atoms with Crippen molar-refractivity contribution in [2.75, 3.05) is 31.1 Å². The Morgan fingerprint density at radius 1 is 1.27 bits per heavy atom. The third-order valence-corrected chi connectivity index (χ3v) is 6.91. The van der Waals surface area contributed by atoms with E-state index in [1.54, 1.807) is 24.3 Å². The molecule has 162 valence electrons. The third-order valence-electron chi connectivity index (χ3n) is 5.86. The summed E-state index contributed by atoms with van der Waals surface area (Å²) in [7, 11) is 0. The van der Waals surface area contributed by atoms with E-state index in [0.29, 0.717) is 16.8 Å². The van der Waals surface area contributed by atoms with Crippen molar-refractivity contribution in [2.24, 2.45) is 0 Å². The van der Waals surface area contributed by atoms with Gasteiger partial charge in [0.2, 0.25) is 0 Å². The Morgan fingerprint density at radius 2 is 2.00 bits per heavy atom. The van der Waals surface area contributed by atoms with E-state index >= 15 is 0 Å². The van der Waals surface area contributed by atoms with Crippen molar-refractivity contribution in [2.45, 2.75) is 52.5 Å². The largest absolute Gasteiger partial charge is 0.349 e. The van der Waals surface area contributed by atoms with Crippen molar-refractivity contribution in [1.29, 1.82) is 0 Å². The molecule has 0 aliphatic carbocycles. The number of alkyl halides is 2. The molecule has 0 spiro atoms. The van der Waals surface area contributed by atoms with Crippen molar-refractivity contribution in [1.82, 2.24) is 20.0 Å². The van der Waals surface area contributed by atoms with Crippen LogP contribution in [0.5, 0.6) is 0 Å². The smallest absolute Gasteiger partial charge is 0.264 e. The van der Waals surface area contributed by atoms with Gasteiger partial charge in [-0.2, -0.15) is 0 Å². The van der Waals surface area contributed by atoms with Gasteiger partial charge in [-0.3, -0.25) is 4.90 Å². The average molecular weight is 436 g/mol. The van der Waals surface area contributed by atoms with Crippen molar-refractivity contribution in [3.8, 4) is 0 Å². The van der Waals surface area contributed by atoms with Crippen LogP contribution in [-0.2, 0) is 6.54 Å². The molecule has 0 bridgehead atoms. The first-order valence-electron chi connectivity index (χ1n) is 10.5. The zero-order valence-corrected chi connectivity index (χ0v) is 18.4. The summed E-state index contributed by atoms with van der Waals surface area (Å²) in [5.74, 6) is 0.154. The highest BCUT2D eigenvalue weighted by Gasteiger charge is 2.26. The lowest BCUT2D eigenvalue weighted by Crippen LogP contribution is -2.32. The molecule has 6 nitrogen and oxygen atoms in total. The highest BCUT2D eigenvalue weighted by molar-refractivity contribution is 7.15. The predicted octanol–water partition coefficient (Wildman–Crippen LogP) is 5.15. The van der Waals surface area contributed by atoms with Crippen LogP contribution in [0.2, 0.25) is 0 Å². The SMILES string of the molecule is CCN(CC)c1ncc(CN2CCC(c3cc(C(F)F)c4c(C)noc4n3)CC2)s1. The fraction of sp³-hybridized carbons (Fsp3) is 0.571. The molecule has 0 amide bonds. The number of piperidine rings is 1. The van der Waals surface area contributed by atoms with Crippen LogP contribution in [0.25, 0.3) is 11.1 Å². The van der Waals surface area contributed by atoms with Gasteiger partial charge in [-0.1, -0.05) is 5.16 Å². The number of hydrogen-bond donors (Lipinski definition) is 0. The summed E-state index contributed by atoms with van der Waals surface area (Å²) >= 11 is 1.75. The number of fused-ring (bicyclic) bond motifs is 1. The van der Waals surface area contributed by atoms with Crippen LogP contribution >= 0.6 is 11.3 Å². The van der Waals surface area contributed by atoms with Gasteiger partial charge in [-0.05, 0) is 52.8 Å². The number of rotatable bonds is 7. The van der Waals surface area contributed by atoms with Gasteiger partial charge in [0.05, 0.1) is 11.1 Å². The zero-order chi connectivity index (χ0) is 21.3. The van der Waals surface area contributed by atoms with Crippen LogP contribution in [-0.4, -0.2) is 46.2 Å². The highest BCUT2D eigenvalue weighted by atomic mass is 32.1. The first-order valence-corrected chi connectivity index (χ1v) is 11.3.